The smallest absolute Gasteiger partial charge is 0.285 e. The molecule has 0 radical (unpaired) electrons. The highest BCUT2D eigenvalue weighted by Gasteiger charge is 2.32. The monoisotopic (exact) mass is 457 g/mol. The van der Waals surface area contributed by atoms with Crippen LogP contribution in [0.15, 0.2) is 57.8 Å². The molecule has 1 saturated heterocycles. The van der Waals surface area contributed by atoms with Crippen LogP contribution in [0.3, 0.4) is 0 Å². The second-order valence-corrected chi connectivity index (χ2v) is 9.58. The number of hydrogen-bond donors (Lipinski definition) is 0. The number of likely N-dealkylation sites (N-methyl/N-ethyl adjacent to an activating group) is 1. The summed E-state index contributed by atoms with van der Waals surface area (Å²) in [5.74, 6) is 0.883. The van der Waals surface area contributed by atoms with Gasteiger partial charge in [-0.2, -0.15) is 8.42 Å². The maximum absolute atomic E-state index is 13.3. The van der Waals surface area contributed by atoms with E-state index in [2.05, 4.69) is 4.40 Å². The van der Waals surface area contributed by atoms with E-state index in [-0.39, 0.29) is 29.3 Å². The molecular formula is C23H27N3O5S. The van der Waals surface area contributed by atoms with Crippen LogP contribution in [0.4, 0.5) is 0 Å². The lowest BCUT2D eigenvalue weighted by Gasteiger charge is -2.28. The van der Waals surface area contributed by atoms with Gasteiger partial charge in [-0.15, -0.1) is 4.40 Å². The number of carbonyl (C=O) groups excluding carboxylic acids is 1. The molecule has 170 valence electrons. The van der Waals surface area contributed by atoms with Crippen molar-refractivity contribution < 1.29 is 22.7 Å². The van der Waals surface area contributed by atoms with Crippen molar-refractivity contribution in [1.29, 1.82) is 0 Å². The number of carbonyl (C=O) groups is 1. The van der Waals surface area contributed by atoms with E-state index in [1.165, 1.54) is 6.07 Å². The number of amidine groups is 1. The number of ether oxygens (including phenoxy) is 2. The van der Waals surface area contributed by atoms with Gasteiger partial charge in [-0.25, -0.2) is 0 Å². The minimum absolute atomic E-state index is 0.000196. The van der Waals surface area contributed by atoms with Gasteiger partial charge in [0, 0.05) is 32.3 Å². The highest BCUT2D eigenvalue weighted by atomic mass is 32.2. The zero-order valence-electron chi connectivity index (χ0n) is 18.2. The molecule has 1 atom stereocenters. The molecule has 1 unspecified atom stereocenters. The van der Waals surface area contributed by atoms with E-state index in [0.29, 0.717) is 25.3 Å². The molecule has 1 fully saturated rings. The molecule has 0 saturated carbocycles. The minimum atomic E-state index is -3.74. The van der Waals surface area contributed by atoms with Gasteiger partial charge in [-0.1, -0.05) is 24.3 Å². The van der Waals surface area contributed by atoms with Crippen molar-refractivity contribution in [3.05, 3.63) is 59.7 Å². The van der Waals surface area contributed by atoms with Crippen molar-refractivity contribution in [1.82, 2.24) is 9.80 Å². The highest BCUT2D eigenvalue weighted by Crippen LogP contribution is 2.27. The summed E-state index contributed by atoms with van der Waals surface area (Å²) in [4.78, 5) is 16.8. The van der Waals surface area contributed by atoms with Crippen molar-refractivity contribution in [2.75, 3.05) is 33.9 Å². The Hall–Kier alpha value is -2.91. The summed E-state index contributed by atoms with van der Waals surface area (Å²) >= 11 is 0. The van der Waals surface area contributed by atoms with E-state index in [0.717, 1.165) is 24.2 Å². The van der Waals surface area contributed by atoms with E-state index in [9.17, 15) is 13.2 Å². The molecule has 8 nitrogen and oxygen atoms in total. The molecule has 2 heterocycles. The summed E-state index contributed by atoms with van der Waals surface area (Å²) in [6, 6.07) is 14.3. The van der Waals surface area contributed by atoms with Crippen LogP contribution in [-0.2, 0) is 26.1 Å². The Kier molecular flexibility index (Phi) is 6.48. The second-order valence-electron chi connectivity index (χ2n) is 8.00. The van der Waals surface area contributed by atoms with Crippen molar-refractivity contribution in [2.45, 2.75) is 30.4 Å². The van der Waals surface area contributed by atoms with E-state index in [1.54, 1.807) is 42.2 Å². The maximum Gasteiger partial charge on any atom is 0.285 e. The summed E-state index contributed by atoms with van der Waals surface area (Å²) in [6.07, 6.45) is 1.90. The maximum atomic E-state index is 13.3. The molecule has 0 aliphatic carbocycles. The van der Waals surface area contributed by atoms with Gasteiger partial charge in [0.25, 0.3) is 10.0 Å². The summed E-state index contributed by atoms with van der Waals surface area (Å²) in [7, 11) is -0.450. The molecule has 9 heteroatoms. The Labute approximate surface area is 188 Å². The van der Waals surface area contributed by atoms with Crippen molar-refractivity contribution in [3.63, 3.8) is 0 Å². The van der Waals surface area contributed by atoms with Gasteiger partial charge in [0.15, 0.2) is 5.84 Å². The predicted molar refractivity (Wildman–Crippen MR) is 120 cm³/mol. The van der Waals surface area contributed by atoms with Gasteiger partial charge in [0.2, 0.25) is 5.91 Å². The quantitative estimate of drug-likeness (QED) is 0.634. The van der Waals surface area contributed by atoms with Gasteiger partial charge in [0.05, 0.1) is 19.8 Å². The average Bonchev–Trinajstić information content (AvgIpc) is 3.39. The number of benzene rings is 2. The molecule has 0 bridgehead atoms. The molecule has 2 aliphatic rings. The van der Waals surface area contributed by atoms with Gasteiger partial charge in [0.1, 0.15) is 10.6 Å². The molecule has 4 rings (SSSR count). The molecule has 0 spiro atoms. The second kappa shape index (κ2) is 9.30. The van der Waals surface area contributed by atoms with Gasteiger partial charge < -0.3 is 19.3 Å². The first-order valence-electron chi connectivity index (χ1n) is 10.5. The fourth-order valence-corrected chi connectivity index (χ4v) is 5.27. The predicted octanol–water partition coefficient (Wildman–Crippen LogP) is 2.28. The summed E-state index contributed by atoms with van der Waals surface area (Å²) < 4.78 is 39.7. The summed E-state index contributed by atoms with van der Waals surface area (Å²) in [5.41, 5.74) is 1.46. The lowest BCUT2D eigenvalue weighted by Crippen LogP contribution is -2.43. The van der Waals surface area contributed by atoms with Crippen LogP contribution in [0, 0.1) is 0 Å². The standard InChI is InChI=1S/C23H27N3O5S/c1-25(23-20-10-3-4-11-21(20)32(28,29)24-23)16-22(27)26(15-19-9-6-12-31-19)14-17-7-5-8-18(13-17)30-2/h3-5,7-8,10-11,13,19H,6,9,12,14-16H2,1-2H3. The lowest BCUT2D eigenvalue weighted by atomic mass is 10.1. The Balaban J connectivity index is 1.53. The van der Waals surface area contributed by atoms with Crippen LogP contribution in [0.25, 0.3) is 0 Å². The fourth-order valence-electron chi connectivity index (χ4n) is 4.02. The number of hydrogen-bond acceptors (Lipinski definition) is 6. The summed E-state index contributed by atoms with van der Waals surface area (Å²) in [5, 5.41) is 0. The number of nitrogens with zero attached hydrogens (tertiary/aromatic N) is 3. The first kappa shape index (κ1) is 22.3. The molecular weight excluding hydrogens is 430 g/mol. The first-order valence-corrected chi connectivity index (χ1v) is 12.0. The molecule has 2 aliphatic heterocycles. The number of sulfonamides is 1. The normalized spacial score (nSPS) is 18.7. The Bertz CT molecular complexity index is 1130. The third-order valence-corrected chi connectivity index (χ3v) is 6.98. The average molecular weight is 458 g/mol. The first-order chi connectivity index (χ1) is 15.4. The molecule has 2 aromatic carbocycles. The van der Waals surface area contributed by atoms with Crippen LogP contribution in [0.5, 0.6) is 5.75 Å². The van der Waals surface area contributed by atoms with Crippen LogP contribution < -0.4 is 4.74 Å². The van der Waals surface area contributed by atoms with E-state index in [4.69, 9.17) is 9.47 Å². The Morgan fingerprint density at radius 3 is 2.78 bits per heavy atom. The van der Waals surface area contributed by atoms with E-state index >= 15 is 0 Å². The zero-order chi connectivity index (χ0) is 22.7. The fraction of sp³-hybridized carbons (Fsp3) is 0.391. The van der Waals surface area contributed by atoms with Crippen LogP contribution >= 0.6 is 0 Å². The number of fused-ring (bicyclic) bond motifs is 1. The van der Waals surface area contributed by atoms with Gasteiger partial charge >= 0.3 is 0 Å². The molecule has 2 aromatic rings. The topological polar surface area (TPSA) is 88.5 Å². The minimum Gasteiger partial charge on any atom is -0.497 e. The lowest BCUT2D eigenvalue weighted by molar-refractivity contribution is -0.133. The third kappa shape index (κ3) is 4.78. The van der Waals surface area contributed by atoms with E-state index in [1.807, 2.05) is 24.3 Å². The van der Waals surface area contributed by atoms with Crippen LogP contribution in [0.1, 0.15) is 24.0 Å². The molecule has 32 heavy (non-hydrogen) atoms. The Morgan fingerprint density at radius 1 is 1.22 bits per heavy atom. The largest absolute Gasteiger partial charge is 0.497 e. The van der Waals surface area contributed by atoms with Crippen LogP contribution in [-0.4, -0.2) is 69.9 Å². The Morgan fingerprint density at radius 2 is 2.03 bits per heavy atom. The number of rotatable bonds is 7. The van der Waals surface area contributed by atoms with Gasteiger partial charge in [-0.05, 0) is 42.7 Å². The van der Waals surface area contributed by atoms with Crippen molar-refractivity contribution >= 4 is 21.8 Å². The molecule has 0 N–H and O–H groups in total. The van der Waals surface area contributed by atoms with Crippen LogP contribution in [0.2, 0.25) is 0 Å². The van der Waals surface area contributed by atoms with Gasteiger partial charge in [-0.3, -0.25) is 4.79 Å². The van der Waals surface area contributed by atoms with E-state index < -0.39 is 10.0 Å². The third-order valence-electron chi connectivity index (χ3n) is 5.65. The highest BCUT2D eigenvalue weighted by molar-refractivity contribution is 7.90. The van der Waals surface area contributed by atoms with Crippen molar-refractivity contribution in [3.8, 4) is 5.75 Å². The molecule has 0 aromatic heterocycles. The zero-order valence-corrected chi connectivity index (χ0v) is 19.0. The SMILES string of the molecule is COc1cccc(CN(CC2CCCO2)C(=O)CN(C)C2=NS(=O)(=O)c3ccccc32)c1. The van der Waals surface area contributed by atoms with Crippen molar-refractivity contribution in [2.24, 2.45) is 4.40 Å². The number of amides is 1. The summed E-state index contributed by atoms with van der Waals surface area (Å²) in [6.45, 7) is 1.59. The molecule has 1 amide bonds. The number of methoxy groups -OCH3 is 1.